The number of rotatable bonds is 8. The number of hydrogen-bond donors (Lipinski definition) is 1. The van der Waals surface area contributed by atoms with Crippen LogP contribution in [0.3, 0.4) is 0 Å². The van der Waals surface area contributed by atoms with Crippen molar-refractivity contribution in [3.63, 3.8) is 0 Å². The topological polar surface area (TPSA) is 75.7 Å². The Bertz CT molecular complexity index is 854. The fraction of sp³-hybridized carbons (Fsp3) is 0.278. The van der Waals surface area contributed by atoms with Crippen LogP contribution in [0.4, 0.5) is 0 Å². The zero-order chi connectivity index (χ0) is 19.2. The van der Waals surface area contributed by atoms with Crippen LogP contribution in [-0.2, 0) is 21.4 Å². The van der Waals surface area contributed by atoms with Gasteiger partial charge in [-0.15, -0.1) is 0 Å². The molecule has 0 unspecified atom stereocenters. The third-order valence-electron chi connectivity index (χ3n) is 3.80. The molecule has 0 fully saturated rings. The van der Waals surface area contributed by atoms with E-state index in [9.17, 15) is 13.2 Å². The van der Waals surface area contributed by atoms with Gasteiger partial charge in [0.25, 0.3) is 0 Å². The molecule has 2 aromatic carbocycles. The molecule has 26 heavy (non-hydrogen) atoms. The van der Waals surface area contributed by atoms with Crippen molar-refractivity contribution in [1.82, 2.24) is 9.62 Å². The maximum Gasteiger partial charge on any atom is 0.240 e. The van der Waals surface area contributed by atoms with Crippen molar-refractivity contribution < 1.29 is 17.9 Å². The monoisotopic (exact) mass is 396 g/mol. The average Bonchev–Trinajstić information content (AvgIpc) is 2.61. The first kappa shape index (κ1) is 20.2. The van der Waals surface area contributed by atoms with E-state index in [4.69, 9.17) is 16.3 Å². The number of sulfonamides is 1. The molecule has 0 aliphatic carbocycles. The summed E-state index contributed by atoms with van der Waals surface area (Å²) in [6.07, 6.45) is 0. The van der Waals surface area contributed by atoms with E-state index < -0.39 is 10.0 Å². The summed E-state index contributed by atoms with van der Waals surface area (Å²) in [4.78, 5) is 13.6. The van der Waals surface area contributed by atoms with Crippen molar-refractivity contribution in [2.75, 3.05) is 20.2 Å². The van der Waals surface area contributed by atoms with Crippen LogP contribution >= 0.6 is 11.6 Å². The second-order valence-corrected chi connectivity index (χ2v) is 7.81. The smallest absolute Gasteiger partial charge is 0.240 e. The zero-order valence-electron chi connectivity index (χ0n) is 14.6. The van der Waals surface area contributed by atoms with E-state index in [2.05, 4.69) is 4.72 Å². The van der Waals surface area contributed by atoms with Gasteiger partial charge in [0.15, 0.2) is 0 Å². The van der Waals surface area contributed by atoms with Crippen molar-refractivity contribution in [3.05, 3.63) is 59.1 Å². The van der Waals surface area contributed by atoms with Gasteiger partial charge in [0.2, 0.25) is 15.9 Å². The lowest BCUT2D eigenvalue weighted by Crippen LogP contribution is -2.37. The summed E-state index contributed by atoms with van der Waals surface area (Å²) in [6.45, 7) is 2.12. The highest BCUT2D eigenvalue weighted by molar-refractivity contribution is 7.89. The molecule has 0 atom stereocenters. The minimum Gasteiger partial charge on any atom is -0.496 e. The maximum absolute atomic E-state index is 12.3. The number of benzene rings is 2. The minimum atomic E-state index is -3.66. The first-order valence-corrected chi connectivity index (χ1v) is 9.82. The van der Waals surface area contributed by atoms with Gasteiger partial charge in [0.05, 0.1) is 12.0 Å². The summed E-state index contributed by atoms with van der Waals surface area (Å²) in [5, 5.41) is 0.462. The standard InChI is InChI=1S/C18H21ClN2O4S/c1-14(22)21(13-15-5-3-4-6-18(15)25-2)12-11-20-26(23,24)17-9-7-16(19)8-10-17/h3-10,20H,11-13H2,1-2H3. The van der Waals surface area contributed by atoms with Crippen molar-refractivity contribution >= 4 is 27.5 Å². The van der Waals surface area contributed by atoms with Gasteiger partial charge >= 0.3 is 0 Å². The Labute approximate surface area is 158 Å². The summed E-state index contributed by atoms with van der Waals surface area (Å²) < 4.78 is 32.3. The van der Waals surface area contributed by atoms with Gasteiger partial charge in [-0.3, -0.25) is 4.79 Å². The molecular weight excluding hydrogens is 376 g/mol. The lowest BCUT2D eigenvalue weighted by Gasteiger charge is -2.22. The van der Waals surface area contributed by atoms with Crippen LogP contribution in [0.1, 0.15) is 12.5 Å². The molecular formula is C18H21ClN2O4S. The first-order chi connectivity index (χ1) is 12.3. The minimum absolute atomic E-state index is 0.0969. The van der Waals surface area contributed by atoms with E-state index in [1.807, 2.05) is 24.3 Å². The van der Waals surface area contributed by atoms with Gasteiger partial charge in [0, 0.05) is 37.1 Å². The highest BCUT2D eigenvalue weighted by Crippen LogP contribution is 2.19. The molecule has 0 saturated heterocycles. The Kier molecular flexibility index (Phi) is 7.02. The molecule has 0 saturated carbocycles. The molecule has 2 rings (SSSR count). The van der Waals surface area contributed by atoms with Gasteiger partial charge in [-0.05, 0) is 30.3 Å². The maximum atomic E-state index is 12.3. The Hall–Kier alpha value is -2.09. The molecule has 2 aromatic rings. The van der Waals surface area contributed by atoms with Crippen molar-refractivity contribution in [2.24, 2.45) is 0 Å². The quantitative estimate of drug-likeness (QED) is 0.744. The predicted molar refractivity (Wildman–Crippen MR) is 101 cm³/mol. The Morgan fingerprint density at radius 3 is 2.42 bits per heavy atom. The highest BCUT2D eigenvalue weighted by atomic mass is 35.5. The average molecular weight is 397 g/mol. The second-order valence-electron chi connectivity index (χ2n) is 5.60. The number of amides is 1. The number of methoxy groups -OCH3 is 1. The molecule has 0 aromatic heterocycles. The Morgan fingerprint density at radius 1 is 1.15 bits per heavy atom. The summed E-state index contributed by atoms with van der Waals surface area (Å²) >= 11 is 5.77. The van der Waals surface area contributed by atoms with Crippen LogP contribution in [0.5, 0.6) is 5.75 Å². The lowest BCUT2D eigenvalue weighted by molar-refractivity contribution is -0.129. The third kappa shape index (κ3) is 5.45. The first-order valence-electron chi connectivity index (χ1n) is 7.96. The molecule has 8 heteroatoms. The number of nitrogens with one attached hydrogen (secondary N) is 1. The number of halogens is 1. The highest BCUT2D eigenvalue weighted by Gasteiger charge is 2.16. The van der Waals surface area contributed by atoms with Crippen LogP contribution in [0.25, 0.3) is 0 Å². The lowest BCUT2D eigenvalue weighted by atomic mass is 10.2. The van der Waals surface area contributed by atoms with E-state index >= 15 is 0 Å². The molecule has 0 aliphatic rings. The largest absolute Gasteiger partial charge is 0.496 e. The summed E-state index contributed by atoms with van der Waals surface area (Å²) in [5.41, 5.74) is 0.853. The summed E-state index contributed by atoms with van der Waals surface area (Å²) in [6, 6.07) is 13.3. The van der Waals surface area contributed by atoms with Crippen LogP contribution < -0.4 is 9.46 Å². The molecule has 0 aliphatic heterocycles. The fourth-order valence-electron chi connectivity index (χ4n) is 2.40. The van der Waals surface area contributed by atoms with E-state index in [-0.39, 0.29) is 23.9 Å². The number of carbonyl (C=O) groups is 1. The normalized spacial score (nSPS) is 11.2. The fourth-order valence-corrected chi connectivity index (χ4v) is 3.55. The van der Waals surface area contributed by atoms with Gasteiger partial charge in [-0.1, -0.05) is 29.8 Å². The van der Waals surface area contributed by atoms with Crippen molar-refractivity contribution in [3.8, 4) is 5.75 Å². The SMILES string of the molecule is COc1ccccc1CN(CCNS(=O)(=O)c1ccc(Cl)cc1)C(C)=O. The molecule has 0 spiro atoms. The Morgan fingerprint density at radius 2 is 1.81 bits per heavy atom. The predicted octanol–water partition coefficient (Wildman–Crippen LogP) is 2.68. The zero-order valence-corrected chi connectivity index (χ0v) is 16.2. The molecule has 140 valence electrons. The molecule has 0 heterocycles. The van der Waals surface area contributed by atoms with Crippen molar-refractivity contribution in [1.29, 1.82) is 0 Å². The van der Waals surface area contributed by atoms with Crippen LogP contribution in [0.2, 0.25) is 5.02 Å². The number of ether oxygens (including phenoxy) is 1. The summed E-state index contributed by atoms with van der Waals surface area (Å²) in [7, 11) is -2.09. The number of para-hydroxylation sites is 1. The van der Waals surface area contributed by atoms with Crippen LogP contribution in [0, 0.1) is 0 Å². The molecule has 0 bridgehead atoms. The van der Waals surface area contributed by atoms with Crippen molar-refractivity contribution in [2.45, 2.75) is 18.4 Å². The van der Waals surface area contributed by atoms with Gasteiger partial charge < -0.3 is 9.64 Å². The van der Waals surface area contributed by atoms with E-state index in [1.54, 1.807) is 12.0 Å². The Balaban J connectivity index is 2.00. The van der Waals surface area contributed by atoms with Gasteiger partial charge in [0.1, 0.15) is 5.75 Å². The van der Waals surface area contributed by atoms with E-state index in [0.29, 0.717) is 17.3 Å². The third-order valence-corrected chi connectivity index (χ3v) is 5.53. The molecule has 6 nitrogen and oxygen atoms in total. The van der Waals surface area contributed by atoms with E-state index in [0.717, 1.165) is 5.56 Å². The second kappa shape index (κ2) is 9.02. The van der Waals surface area contributed by atoms with Crippen LogP contribution in [-0.4, -0.2) is 39.4 Å². The van der Waals surface area contributed by atoms with Crippen LogP contribution in [0.15, 0.2) is 53.4 Å². The molecule has 1 N–H and O–H groups in total. The summed E-state index contributed by atoms with van der Waals surface area (Å²) in [5.74, 6) is 0.530. The van der Waals surface area contributed by atoms with Gasteiger partial charge in [-0.2, -0.15) is 0 Å². The molecule has 1 amide bonds. The molecule has 0 radical (unpaired) electrons. The number of hydrogen-bond acceptors (Lipinski definition) is 4. The van der Waals surface area contributed by atoms with E-state index in [1.165, 1.54) is 31.2 Å². The number of carbonyl (C=O) groups excluding carboxylic acids is 1. The van der Waals surface area contributed by atoms with Gasteiger partial charge in [-0.25, -0.2) is 13.1 Å². The number of nitrogens with zero attached hydrogens (tertiary/aromatic N) is 1.